The predicted octanol–water partition coefficient (Wildman–Crippen LogP) is 1.31. The smallest absolute Gasteiger partial charge is 0.286 e. The first-order valence-electron chi connectivity index (χ1n) is 12.3. The summed E-state index contributed by atoms with van der Waals surface area (Å²) in [4.78, 5) is 33.6. The molecule has 0 radical (unpaired) electrons. The van der Waals surface area contributed by atoms with E-state index in [9.17, 15) is 9.59 Å². The van der Waals surface area contributed by atoms with Crippen LogP contribution in [0, 0.1) is 6.92 Å². The molecule has 2 aromatic heterocycles. The first kappa shape index (κ1) is 26.4. The number of hydrogen-bond acceptors (Lipinski definition) is 7. The van der Waals surface area contributed by atoms with Crippen LogP contribution in [0.4, 0.5) is 0 Å². The molecular weight excluding hydrogens is 478 g/mol. The summed E-state index contributed by atoms with van der Waals surface area (Å²) >= 11 is 0. The van der Waals surface area contributed by atoms with Crippen LogP contribution in [0.3, 0.4) is 0 Å². The van der Waals surface area contributed by atoms with E-state index in [0.29, 0.717) is 24.9 Å². The zero-order valence-corrected chi connectivity index (χ0v) is 21.1. The van der Waals surface area contributed by atoms with Crippen LogP contribution < -0.4 is 10.9 Å². The highest BCUT2D eigenvalue weighted by atomic mass is 16.7. The molecule has 3 heterocycles. The number of hydrogen-bond donors (Lipinski definition) is 3. The standard InChI is InChI=1S/C26H33N5O6/c1-18-24(26(34)31(30(18)2)21-6-4-3-5-7-21)19-14-22(25(33)28-9-8-20-16-27-17-29-20)37-23(15-19)36-13-12-35-11-10-32/h3-7,14,16-17,19,23,32H,8-13,15H2,1-2H3,(H,27,29)(H,28,33)/t19-,23+/m1/s1. The molecule has 0 unspecified atom stereocenters. The molecule has 11 heteroatoms. The van der Waals surface area contributed by atoms with Gasteiger partial charge in [-0.25, -0.2) is 9.67 Å². The van der Waals surface area contributed by atoms with Gasteiger partial charge in [0.25, 0.3) is 11.5 Å². The van der Waals surface area contributed by atoms with E-state index in [4.69, 9.17) is 19.3 Å². The van der Waals surface area contributed by atoms with Gasteiger partial charge in [0.15, 0.2) is 5.76 Å². The Morgan fingerprint density at radius 1 is 1.27 bits per heavy atom. The summed E-state index contributed by atoms with van der Waals surface area (Å²) in [5.74, 6) is -0.670. The van der Waals surface area contributed by atoms with Crippen LogP contribution in [0.15, 0.2) is 59.5 Å². The number of imidazole rings is 1. The van der Waals surface area contributed by atoms with Gasteiger partial charge >= 0.3 is 0 Å². The molecule has 0 spiro atoms. The summed E-state index contributed by atoms with van der Waals surface area (Å²) in [5.41, 5.74) is 2.88. The number of ether oxygens (including phenoxy) is 3. The average Bonchev–Trinajstić information content (AvgIpc) is 3.50. The highest BCUT2D eigenvalue weighted by Gasteiger charge is 2.33. The van der Waals surface area contributed by atoms with Crippen LogP contribution in [-0.2, 0) is 32.5 Å². The Labute approximate surface area is 214 Å². The molecule has 1 aromatic carbocycles. The molecule has 0 bridgehead atoms. The second-order valence-electron chi connectivity index (χ2n) is 8.69. The fraction of sp³-hybridized carbons (Fsp3) is 0.423. The molecular formula is C26H33N5O6. The molecule has 0 saturated heterocycles. The number of carbonyl (C=O) groups excluding carboxylic acids is 1. The van der Waals surface area contributed by atoms with E-state index >= 15 is 0 Å². The van der Waals surface area contributed by atoms with Gasteiger partial charge in [-0.2, -0.15) is 0 Å². The van der Waals surface area contributed by atoms with Crippen LogP contribution in [0.25, 0.3) is 5.69 Å². The molecule has 37 heavy (non-hydrogen) atoms. The minimum Gasteiger partial charge on any atom is -0.459 e. The van der Waals surface area contributed by atoms with Crippen LogP contribution >= 0.6 is 0 Å². The Bertz CT molecular complexity index is 1250. The monoisotopic (exact) mass is 511 g/mol. The van der Waals surface area contributed by atoms with Crippen molar-refractivity contribution in [1.29, 1.82) is 0 Å². The van der Waals surface area contributed by atoms with Crippen molar-refractivity contribution < 1.29 is 24.1 Å². The van der Waals surface area contributed by atoms with E-state index in [0.717, 1.165) is 17.1 Å². The third-order valence-corrected chi connectivity index (χ3v) is 6.25. The van der Waals surface area contributed by atoms with Gasteiger partial charge in [-0.15, -0.1) is 0 Å². The van der Waals surface area contributed by atoms with Crippen molar-refractivity contribution in [3.8, 4) is 5.69 Å². The summed E-state index contributed by atoms with van der Waals surface area (Å²) in [6.07, 6.45) is 5.20. The van der Waals surface area contributed by atoms with Crippen LogP contribution in [-0.4, -0.2) is 69.6 Å². The third kappa shape index (κ3) is 6.37. The molecule has 3 N–H and O–H groups in total. The molecule has 11 nitrogen and oxygen atoms in total. The van der Waals surface area contributed by atoms with Crippen LogP contribution in [0.5, 0.6) is 0 Å². The molecule has 0 fully saturated rings. The second kappa shape index (κ2) is 12.5. The van der Waals surface area contributed by atoms with Crippen molar-refractivity contribution >= 4 is 5.91 Å². The van der Waals surface area contributed by atoms with Gasteiger partial charge in [-0.05, 0) is 25.1 Å². The van der Waals surface area contributed by atoms with Gasteiger partial charge in [-0.3, -0.25) is 14.3 Å². The Kier molecular flexibility index (Phi) is 8.94. The average molecular weight is 512 g/mol. The molecule has 1 aliphatic heterocycles. The lowest BCUT2D eigenvalue weighted by Crippen LogP contribution is -2.35. The molecule has 0 aliphatic carbocycles. The minimum absolute atomic E-state index is 0.0748. The predicted molar refractivity (Wildman–Crippen MR) is 135 cm³/mol. The number of amides is 1. The fourth-order valence-corrected chi connectivity index (χ4v) is 4.36. The van der Waals surface area contributed by atoms with E-state index in [2.05, 4.69) is 15.3 Å². The van der Waals surface area contributed by atoms with Crippen molar-refractivity contribution in [2.24, 2.45) is 7.05 Å². The molecule has 1 aliphatic rings. The summed E-state index contributed by atoms with van der Waals surface area (Å²) in [7, 11) is 1.84. The number of allylic oxidation sites excluding steroid dienone is 1. The second-order valence-corrected chi connectivity index (χ2v) is 8.69. The first-order valence-corrected chi connectivity index (χ1v) is 12.3. The summed E-state index contributed by atoms with van der Waals surface area (Å²) in [6, 6.07) is 9.41. The van der Waals surface area contributed by atoms with E-state index < -0.39 is 12.2 Å². The summed E-state index contributed by atoms with van der Waals surface area (Å²) < 4.78 is 20.4. The third-order valence-electron chi connectivity index (χ3n) is 6.25. The van der Waals surface area contributed by atoms with Crippen molar-refractivity contribution in [2.75, 3.05) is 33.0 Å². The summed E-state index contributed by atoms with van der Waals surface area (Å²) in [6.45, 7) is 2.90. The van der Waals surface area contributed by atoms with E-state index in [1.54, 1.807) is 23.3 Å². The SMILES string of the molecule is Cc1c([C@@H]2C=C(C(=O)NCCc3cnc[nH]3)O[C@H](OCCOCCO)C2)c(=O)n(-c2ccccc2)n1C. The van der Waals surface area contributed by atoms with Crippen molar-refractivity contribution in [2.45, 2.75) is 32.0 Å². The molecule has 3 aromatic rings. The number of nitrogens with one attached hydrogen (secondary N) is 2. The number of benzene rings is 1. The van der Waals surface area contributed by atoms with Crippen molar-refractivity contribution in [3.63, 3.8) is 0 Å². The lowest BCUT2D eigenvalue weighted by molar-refractivity contribution is -0.151. The molecule has 4 rings (SSSR count). The Balaban J connectivity index is 1.56. The lowest BCUT2D eigenvalue weighted by atomic mass is 9.93. The zero-order valence-electron chi connectivity index (χ0n) is 21.1. The highest BCUT2D eigenvalue weighted by Crippen LogP contribution is 2.32. The summed E-state index contributed by atoms with van der Waals surface area (Å²) in [5, 5.41) is 11.7. The molecule has 198 valence electrons. The fourth-order valence-electron chi connectivity index (χ4n) is 4.36. The molecule has 0 saturated carbocycles. The van der Waals surface area contributed by atoms with Gasteiger partial charge in [0.2, 0.25) is 6.29 Å². The number of aromatic amines is 1. The molecule has 2 atom stereocenters. The highest BCUT2D eigenvalue weighted by molar-refractivity contribution is 5.91. The maximum absolute atomic E-state index is 13.6. The topological polar surface area (TPSA) is 133 Å². The minimum atomic E-state index is -0.745. The normalized spacial score (nSPS) is 17.3. The zero-order chi connectivity index (χ0) is 26.2. The number of aliphatic hydroxyl groups is 1. The number of carbonyl (C=O) groups is 1. The van der Waals surface area contributed by atoms with Gasteiger partial charge in [0.05, 0.1) is 38.4 Å². The molecule has 1 amide bonds. The van der Waals surface area contributed by atoms with Gasteiger partial charge in [0, 0.05) is 55.5 Å². The largest absolute Gasteiger partial charge is 0.459 e. The number of aromatic nitrogens is 4. The van der Waals surface area contributed by atoms with Crippen molar-refractivity contribution in [1.82, 2.24) is 24.6 Å². The van der Waals surface area contributed by atoms with Crippen LogP contribution in [0.2, 0.25) is 0 Å². The first-order chi connectivity index (χ1) is 18.0. The maximum Gasteiger partial charge on any atom is 0.286 e. The van der Waals surface area contributed by atoms with Gasteiger partial charge in [0.1, 0.15) is 0 Å². The number of aliphatic hydroxyl groups excluding tert-OH is 1. The lowest BCUT2D eigenvalue weighted by Gasteiger charge is -2.29. The Morgan fingerprint density at radius 2 is 2.08 bits per heavy atom. The van der Waals surface area contributed by atoms with E-state index in [-0.39, 0.29) is 43.7 Å². The number of para-hydroxylation sites is 1. The van der Waals surface area contributed by atoms with E-state index in [1.165, 1.54) is 0 Å². The number of H-pyrrole nitrogens is 1. The maximum atomic E-state index is 13.6. The van der Waals surface area contributed by atoms with Crippen LogP contribution in [0.1, 0.15) is 29.3 Å². The quantitative estimate of drug-likeness (QED) is 0.312. The van der Waals surface area contributed by atoms with E-state index in [1.807, 2.05) is 49.0 Å². The number of nitrogens with zero attached hydrogens (tertiary/aromatic N) is 3. The van der Waals surface area contributed by atoms with Gasteiger partial charge < -0.3 is 29.6 Å². The Hall–Kier alpha value is -3.67. The Morgan fingerprint density at radius 3 is 2.81 bits per heavy atom. The van der Waals surface area contributed by atoms with Gasteiger partial charge in [-0.1, -0.05) is 18.2 Å². The number of rotatable bonds is 12. The van der Waals surface area contributed by atoms with Crippen molar-refractivity contribution in [3.05, 3.63) is 82.0 Å².